The van der Waals surface area contributed by atoms with Crippen LogP contribution in [0.2, 0.25) is 0 Å². The zero-order chi connectivity index (χ0) is 19.0. The van der Waals surface area contributed by atoms with Crippen molar-refractivity contribution in [2.45, 2.75) is 53.4 Å². The third kappa shape index (κ3) is 5.53. The second-order valence-corrected chi connectivity index (χ2v) is 8.70. The van der Waals surface area contributed by atoms with E-state index in [1.807, 2.05) is 17.0 Å². The molecule has 1 amide bonds. The van der Waals surface area contributed by atoms with Crippen molar-refractivity contribution in [3.05, 3.63) is 46.9 Å². The minimum Gasteiger partial charge on any atom is -0.371 e. The molecule has 4 rings (SSSR count). The molecule has 1 aromatic rings. The average Bonchev–Trinajstić information content (AvgIpc) is 3.45. The minimum atomic E-state index is -0.206. The first-order valence-corrected chi connectivity index (χ1v) is 10.5. The zero-order valence-corrected chi connectivity index (χ0v) is 19.3. The Balaban J connectivity index is 0.00000150. The molecule has 1 saturated heterocycles. The van der Waals surface area contributed by atoms with Gasteiger partial charge in [0, 0.05) is 44.2 Å². The molecule has 1 aromatic carbocycles. The van der Waals surface area contributed by atoms with Gasteiger partial charge in [-0.25, -0.2) is 4.39 Å². The lowest BCUT2D eigenvalue weighted by molar-refractivity contribution is -0.132. The Morgan fingerprint density at radius 3 is 2.45 bits per heavy atom. The van der Waals surface area contributed by atoms with E-state index >= 15 is 0 Å². The molecule has 1 aliphatic heterocycles. The van der Waals surface area contributed by atoms with Crippen LogP contribution < -0.4 is 0 Å². The van der Waals surface area contributed by atoms with Crippen LogP contribution in [0.25, 0.3) is 0 Å². The van der Waals surface area contributed by atoms with E-state index in [1.54, 1.807) is 11.3 Å². The van der Waals surface area contributed by atoms with E-state index in [0.717, 1.165) is 62.3 Å². The van der Waals surface area contributed by atoms with Crippen LogP contribution in [0.4, 0.5) is 4.39 Å². The Morgan fingerprint density at radius 1 is 1.14 bits per heavy atom. The predicted molar refractivity (Wildman–Crippen MR) is 128 cm³/mol. The fourth-order valence-corrected chi connectivity index (χ4v) is 5.17. The van der Waals surface area contributed by atoms with E-state index in [2.05, 4.69) is 18.7 Å². The number of carbonyl (C=O) groups excluding carboxylic acids is 1. The van der Waals surface area contributed by atoms with Gasteiger partial charge in [0.25, 0.3) is 0 Å². The fraction of sp³-hybridized carbons (Fsp3) is 0.625. The van der Waals surface area contributed by atoms with Crippen molar-refractivity contribution < 1.29 is 9.18 Å². The number of hydrogen-bond acceptors (Lipinski definition) is 2. The highest BCUT2D eigenvalue weighted by Crippen LogP contribution is 2.56. The van der Waals surface area contributed by atoms with Gasteiger partial charge in [-0.15, -0.1) is 24.0 Å². The summed E-state index contributed by atoms with van der Waals surface area (Å²) in [5, 5.41) is 0. The van der Waals surface area contributed by atoms with E-state index in [1.165, 1.54) is 25.0 Å². The molecule has 3 nitrogen and oxygen atoms in total. The van der Waals surface area contributed by atoms with Gasteiger partial charge in [0.1, 0.15) is 5.82 Å². The summed E-state index contributed by atoms with van der Waals surface area (Å²) in [4.78, 5) is 17.1. The molecular formula is C24H36FIN2O. The van der Waals surface area contributed by atoms with Crippen molar-refractivity contribution in [3.63, 3.8) is 0 Å². The maximum absolute atomic E-state index is 12.9. The quantitative estimate of drug-likeness (QED) is 0.485. The van der Waals surface area contributed by atoms with Crippen LogP contribution in [0.1, 0.15) is 52.5 Å². The fourth-order valence-electron chi connectivity index (χ4n) is 5.17. The van der Waals surface area contributed by atoms with E-state index in [0.29, 0.717) is 6.42 Å². The van der Waals surface area contributed by atoms with Gasteiger partial charge in [0.2, 0.25) is 5.91 Å². The van der Waals surface area contributed by atoms with Crippen LogP contribution >= 0.6 is 24.0 Å². The zero-order valence-electron chi connectivity index (χ0n) is 17.0. The number of halogens is 2. The number of allylic oxidation sites excluding steroid dienone is 2. The molecule has 2 fully saturated rings. The summed E-state index contributed by atoms with van der Waals surface area (Å²) in [5.74, 6) is 2.62. The Kier molecular flexibility index (Phi) is 8.56. The second-order valence-electron chi connectivity index (χ2n) is 8.70. The Morgan fingerprint density at radius 2 is 1.79 bits per heavy atom. The molecule has 0 aromatic heterocycles. The van der Waals surface area contributed by atoms with Gasteiger partial charge in [-0.05, 0) is 62.1 Å². The van der Waals surface area contributed by atoms with Crippen molar-refractivity contribution in [1.29, 1.82) is 0 Å². The first kappa shape index (κ1) is 24.2. The number of carbonyl (C=O) groups is 1. The number of hydrogen-bond donors (Lipinski definition) is 0. The molecule has 162 valence electrons. The molecule has 1 heterocycles. The van der Waals surface area contributed by atoms with E-state index in [4.69, 9.17) is 0 Å². The largest absolute Gasteiger partial charge is 0.371 e. The number of nitrogens with zero attached hydrogens (tertiary/aromatic N) is 2. The molecule has 0 radical (unpaired) electrons. The molecule has 0 spiro atoms. The average molecular weight is 514 g/mol. The smallest absolute Gasteiger partial charge is 0.222 e. The number of piperazine rings is 1. The first-order valence-electron chi connectivity index (χ1n) is 10.5. The monoisotopic (exact) mass is 514 g/mol. The van der Waals surface area contributed by atoms with Crippen LogP contribution in [0, 0.1) is 23.6 Å². The first-order chi connectivity index (χ1) is 13.0. The highest BCUT2D eigenvalue weighted by Gasteiger charge is 2.48. The van der Waals surface area contributed by atoms with Gasteiger partial charge in [0.05, 0.1) is 0 Å². The summed E-state index contributed by atoms with van der Waals surface area (Å²) in [6.07, 6.45) is 4.87. The number of fused-ring (bicyclic) bond motifs is 1. The van der Waals surface area contributed by atoms with Gasteiger partial charge in [-0.3, -0.25) is 4.79 Å². The molecular weight excluding hydrogens is 478 g/mol. The summed E-state index contributed by atoms with van der Waals surface area (Å²) in [5.41, 5.74) is 4.30. The molecule has 3 unspecified atom stereocenters. The van der Waals surface area contributed by atoms with Crippen LogP contribution in [0.3, 0.4) is 0 Å². The van der Waals surface area contributed by atoms with Gasteiger partial charge in [-0.2, -0.15) is 0 Å². The molecule has 0 N–H and O–H groups in total. The summed E-state index contributed by atoms with van der Waals surface area (Å²) >= 11 is 0. The van der Waals surface area contributed by atoms with Crippen LogP contribution in [-0.4, -0.2) is 41.9 Å². The Hall–Kier alpha value is -1.11. The SMILES string of the molecule is C.CC1=C(N2CCN(C(=O)CCCc3ccc(F)cc3)CC2)C2CC2C(C)C1.I. The predicted octanol–water partition coefficient (Wildman–Crippen LogP) is 5.50. The van der Waals surface area contributed by atoms with Crippen LogP contribution in [-0.2, 0) is 11.2 Å². The molecule has 3 aliphatic rings. The lowest BCUT2D eigenvalue weighted by atomic mass is 9.88. The lowest BCUT2D eigenvalue weighted by Crippen LogP contribution is -2.49. The molecule has 2 aliphatic carbocycles. The lowest BCUT2D eigenvalue weighted by Gasteiger charge is -2.40. The molecule has 1 saturated carbocycles. The third-order valence-corrected chi connectivity index (χ3v) is 6.73. The number of amides is 1. The molecule has 3 atom stereocenters. The van der Waals surface area contributed by atoms with Crippen molar-refractivity contribution in [1.82, 2.24) is 9.80 Å². The number of aryl methyl sites for hydroxylation is 1. The minimum absolute atomic E-state index is 0. The summed E-state index contributed by atoms with van der Waals surface area (Å²) in [6.45, 7) is 8.36. The molecule has 5 heteroatoms. The standard InChI is InChI=1S/C23H31FN2O.CH4.HI/c1-16-14-17(2)23(21-15-20(16)21)26-12-10-25(11-13-26)22(27)5-3-4-18-6-8-19(24)9-7-18;;/h6-9,16,20-21H,3-5,10-15H2,1-2H3;1H4;1H. The second kappa shape index (κ2) is 10.3. The van der Waals surface area contributed by atoms with Gasteiger partial charge in [-0.1, -0.05) is 32.1 Å². The summed E-state index contributed by atoms with van der Waals surface area (Å²) < 4.78 is 12.9. The highest BCUT2D eigenvalue weighted by atomic mass is 127. The maximum atomic E-state index is 12.9. The van der Waals surface area contributed by atoms with Gasteiger partial charge < -0.3 is 9.80 Å². The third-order valence-electron chi connectivity index (χ3n) is 6.73. The van der Waals surface area contributed by atoms with E-state index < -0.39 is 0 Å². The van der Waals surface area contributed by atoms with Crippen molar-refractivity contribution >= 4 is 29.9 Å². The molecule has 29 heavy (non-hydrogen) atoms. The van der Waals surface area contributed by atoms with E-state index in [9.17, 15) is 9.18 Å². The van der Waals surface area contributed by atoms with Gasteiger partial charge >= 0.3 is 0 Å². The Bertz CT molecular complexity index is 725. The maximum Gasteiger partial charge on any atom is 0.222 e. The van der Waals surface area contributed by atoms with Gasteiger partial charge in [0.15, 0.2) is 0 Å². The van der Waals surface area contributed by atoms with Crippen molar-refractivity contribution in [3.8, 4) is 0 Å². The van der Waals surface area contributed by atoms with Crippen LogP contribution in [0.15, 0.2) is 35.5 Å². The van der Waals surface area contributed by atoms with Crippen molar-refractivity contribution in [2.24, 2.45) is 17.8 Å². The number of rotatable bonds is 5. The highest BCUT2D eigenvalue weighted by molar-refractivity contribution is 14.0. The van der Waals surface area contributed by atoms with Crippen molar-refractivity contribution in [2.75, 3.05) is 26.2 Å². The topological polar surface area (TPSA) is 23.6 Å². The normalized spacial score (nSPS) is 25.7. The summed E-state index contributed by atoms with van der Waals surface area (Å²) in [6, 6.07) is 6.60. The van der Waals surface area contributed by atoms with Crippen LogP contribution in [0.5, 0.6) is 0 Å². The Labute approximate surface area is 192 Å². The molecule has 0 bridgehead atoms. The number of benzene rings is 1. The summed E-state index contributed by atoms with van der Waals surface area (Å²) in [7, 11) is 0. The van der Waals surface area contributed by atoms with E-state index in [-0.39, 0.29) is 43.1 Å².